The van der Waals surface area contributed by atoms with Crippen molar-refractivity contribution >= 4 is 5.96 Å². The molecule has 0 radical (unpaired) electrons. The molecule has 0 spiro atoms. The van der Waals surface area contributed by atoms with Crippen LogP contribution in [0.5, 0.6) is 0 Å². The lowest BCUT2D eigenvalue weighted by Crippen LogP contribution is -2.41. The minimum absolute atomic E-state index is 0.663. The summed E-state index contributed by atoms with van der Waals surface area (Å²) in [7, 11) is 0. The lowest BCUT2D eigenvalue weighted by atomic mass is 10.6. The van der Waals surface area contributed by atoms with Crippen LogP contribution in [-0.2, 0) is 0 Å². The van der Waals surface area contributed by atoms with Gasteiger partial charge in [-0.15, -0.1) is 0 Å². The van der Waals surface area contributed by atoms with Gasteiger partial charge in [-0.3, -0.25) is 15.6 Å². The molecule has 0 saturated heterocycles. The highest BCUT2D eigenvalue weighted by molar-refractivity contribution is 5.73. The maximum atomic E-state index is 5.81. The van der Waals surface area contributed by atoms with Crippen LogP contribution in [0.1, 0.15) is 26.7 Å². The molecule has 0 heterocycles. The number of hydrogen-bond acceptors (Lipinski definition) is 0. The molecule has 1 rings (SSSR count). The molecule has 1 aliphatic rings. The summed E-state index contributed by atoms with van der Waals surface area (Å²) >= 11 is 0. The average molecular weight is 156 g/mol. The molecule has 1 saturated carbocycles. The highest BCUT2D eigenvalue weighted by Gasteiger charge is 2.26. The first-order valence-corrected chi connectivity index (χ1v) is 4.41. The van der Waals surface area contributed by atoms with Crippen LogP contribution in [0.15, 0.2) is 0 Å². The molecule has 0 amide bonds. The van der Waals surface area contributed by atoms with E-state index in [1.165, 1.54) is 12.8 Å². The third-order valence-corrected chi connectivity index (χ3v) is 2.03. The quantitative estimate of drug-likeness (QED) is 0.346. The molecule has 0 bridgehead atoms. The smallest absolute Gasteiger partial charge is 0.291 e. The molecular formula is C8H18N3+. The minimum Gasteiger partial charge on any atom is -0.291 e. The van der Waals surface area contributed by atoms with Gasteiger partial charge in [-0.2, -0.15) is 0 Å². The Morgan fingerprint density at radius 2 is 2.00 bits per heavy atom. The Morgan fingerprint density at radius 3 is 2.36 bits per heavy atom. The van der Waals surface area contributed by atoms with Crippen LogP contribution in [0.3, 0.4) is 0 Å². The maximum Gasteiger partial charge on any atom is 0.343 e. The molecule has 0 aromatic heterocycles. The fraction of sp³-hybridized carbons (Fsp3) is 0.875. The molecule has 1 aliphatic carbocycles. The minimum atomic E-state index is 0.663. The van der Waals surface area contributed by atoms with Crippen LogP contribution in [-0.4, -0.2) is 29.7 Å². The van der Waals surface area contributed by atoms with Crippen LogP contribution in [0.2, 0.25) is 0 Å². The molecule has 0 aromatic rings. The summed E-state index contributed by atoms with van der Waals surface area (Å²) in [5, 5.41) is 3.28. The first-order valence-electron chi connectivity index (χ1n) is 4.41. The van der Waals surface area contributed by atoms with E-state index in [1.54, 1.807) is 0 Å². The van der Waals surface area contributed by atoms with Gasteiger partial charge in [0.25, 0.3) is 0 Å². The Balaban J connectivity index is 2.43. The van der Waals surface area contributed by atoms with Crippen LogP contribution >= 0.6 is 0 Å². The largest absolute Gasteiger partial charge is 0.343 e. The lowest BCUT2D eigenvalue weighted by molar-refractivity contribution is -0.523. The highest BCUT2D eigenvalue weighted by atomic mass is 15.2. The van der Waals surface area contributed by atoms with Gasteiger partial charge in [0.2, 0.25) is 0 Å². The second-order valence-electron chi connectivity index (χ2n) is 2.98. The average Bonchev–Trinajstić information content (AvgIpc) is 2.74. The van der Waals surface area contributed by atoms with Gasteiger partial charge >= 0.3 is 5.96 Å². The van der Waals surface area contributed by atoms with Gasteiger partial charge in [0.15, 0.2) is 0 Å². The number of nitrogens with one attached hydrogen (secondary N) is 1. The van der Waals surface area contributed by atoms with E-state index in [9.17, 15) is 0 Å². The second-order valence-corrected chi connectivity index (χ2v) is 2.98. The van der Waals surface area contributed by atoms with Crippen molar-refractivity contribution in [3.8, 4) is 0 Å². The van der Waals surface area contributed by atoms with Gasteiger partial charge in [0, 0.05) is 0 Å². The van der Waals surface area contributed by atoms with Crippen molar-refractivity contribution in [1.29, 1.82) is 0 Å². The van der Waals surface area contributed by atoms with Crippen molar-refractivity contribution in [1.82, 2.24) is 5.32 Å². The Bertz CT molecular complexity index is 153. The van der Waals surface area contributed by atoms with Gasteiger partial charge in [0.05, 0.1) is 19.1 Å². The van der Waals surface area contributed by atoms with E-state index in [4.69, 9.17) is 5.73 Å². The Hall–Kier alpha value is -0.730. The van der Waals surface area contributed by atoms with Crippen molar-refractivity contribution in [2.45, 2.75) is 32.7 Å². The normalized spacial score (nSPS) is 16.2. The van der Waals surface area contributed by atoms with Crippen LogP contribution < -0.4 is 11.1 Å². The predicted octanol–water partition coefficient (Wildman–Crippen LogP) is 0.105. The van der Waals surface area contributed by atoms with E-state index in [0.717, 1.165) is 19.0 Å². The van der Waals surface area contributed by atoms with Crippen LogP contribution in [0, 0.1) is 0 Å². The molecular weight excluding hydrogens is 138 g/mol. The summed E-state index contributed by atoms with van der Waals surface area (Å²) in [4.78, 5) is 0. The standard InChI is InChI=1S/C8H17N3/c1-3-11(4-2)8(9)10-7-5-6-7/h7H,3-6H2,1-2H3,(H2,9,10)/p+1. The summed E-state index contributed by atoms with van der Waals surface area (Å²) in [5.74, 6) is 0.845. The number of nitrogens with zero attached hydrogens (tertiary/aromatic N) is 1. The first-order chi connectivity index (χ1) is 5.27. The molecule has 3 heteroatoms. The summed E-state index contributed by atoms with van der Waals surface area (Å²) in [6.45, 7) is 6.21. The summed E-state index contributed by atoms with van der Waals surface area (Å²) in [6.07, 6.45) is 2.56. The SMILES string of the molecule is CC[N+](CC)=C(N)NC1CC1. The molecule has 64 valence electrons. The van der Waals surface area contributed by atoms with E-state index >= 15 is 0 Å². The van der Waals surface area contributed by atoms with Crippen molar-refractivity contribution in [2.75, 3.05) is 13.1 Å². The molecule has 0 atom stereocenters. The molecule has 0 unspecified atom stereocenters. The number of rotatable bonds is 3. The number of nitrogens with two attached hydrogens (primary N) is 1. The van der Waals surface area contributed by atoms with E-state index in [2.05, 4.69) is 23.7 Å². The third-order valence-electron chi connectivity index (χ3n) is 2.03. The Labute approximate surface area is 68.3 Å². The van der Waals surface area contributed by atoms with Gasteiger partial charge in [-0.1, -0.05) is 0 Å². The fourth-order valence-electron chi connectivity index (χ4n) is 1.09. The number of guanidine groups is 1. The van der Waals surface area contributed by atoms with Crippen LogP contribution in [0.25, 0.3) is 0 Å². The van der Waals surface area contributed by atoms with Gasteiger partial charge in [0.1, 0.15) is 0 Å². The second kappa shape index (κ2) is 3.60. The summed E-state index contributed by atoms with van der Waals surface area (Å²) in [5.41, 5.74) is 5.81. The van der Waals surface area contributed by atoms with Crippen molar-refractivity contribution in [3.63, 3.8) is 0 Å². The third kappa shape index (κ3) is 2.41. The van der Waals surface area contributed by atoms with Gasteiger partial charge in [-0.25, -0.2) is 0 Å². The fourth-order valence-corrected chi connectivity index (χ4v) is 1.09. The van der Waals surface area contributed by atoms with E-state index in [0.29, 0.717) is 6.04 Å². The van der Waals surface area contributed by atoms with Crippen molar-refractivity contribution in [3.05, 3.63) is 0 Å². The van der Waals surface area contributed by atoms with Gasteiger partial charge in [-0.05, 0) is 26.7 Å². The Morgan fingerprint density at radius 1 is 1.45 bits per heavy atom. The molecule has 11 heavy (non-hydrogen) atoms. The number of hydrogen-bond donors (Lipinski definition) is 2. The highest BCUT2D eigenvalue weighted by Crippen LogP contribution is 2.17. The Kier molecular flexibility index (Phi) is 2.74. The van der Waals surface area contributed by atoms with Crippen molar-refractivity contribution in [2.24, 2.45) is 5.73 Å². The predicted molar refractivity (Wildman–Crippen MR) is 46.7 cm³/mol. The molecule has 1 fully saturated rings. The molecule has 0 aromatic carbocycles. The summed E-state index contributed by atoms with van der Waals surface area (Å²) in [6, 6.07) is 0.663. The molecule has 0 aliphatic heterocycles. The molecule has 3 nitrogen and oxygen atoms in total. The van der Waals surface area contributed by atoms with Crippen LogP contribution in [0.4, 0.5) is 0 Å². The summed E-state index contributed by atoms with van der Waals surface area (Å²) < 4.78 is 2.14. The monoisotopic (exact) mass is 156 g/mol. The topological polar surface area (TPSA) is 41.1 Å². The van der Waals surface area contributed by atoms with E-state index in [-0.39, 0.29) is 0 Å². The van der Waals surface area contributed by atoms with Crippen molar-refractivity contribution < 1.29 is 4.58 Å². The zero-order valence-corrected chi connectivity index (χ0v) is 7.43. The first kappa shape index (κ1) is 8.37. The van der Waals surface area contributed by atoms with E-state index < -0.39 is 0 Å². The van der Waals surface area contributed by atoms with Gasteiger partial charge < -0.3 is 0 Å². The molecule has 3 N–H and O–H groups in total. The van der Waals surface area contributed by atoms with E-state index in [1.807, 2.05) is 0 Å². The zero-order valence-electron chi connectivity index (χ0n) is 7.43. The maximum absolute atomic E-state index is 5.81. The zero-order chi connectivity index (χ0) is 8.27. The lowest BCUT2D eigenvalue weighted by Gasteiger charge is -2.05.